The maximum atomic E-state index is 13.6. The molecule has 25 heavy (non-hydrogen) atoms. The van der Waals surface area contributed by atoms with Gasteiger partial charge in [0.1, 0.15) is 5.82 Å². The summed E-state index contributed by atoms with van der Waals surface area (Å²) in [5.41, 5.74) is 5.68. The summed E-state index contributed by atoms with van der Waals surface area (Å²) in [6.45, 7) is 1.44. The Morgan fingerprint density at radius 3 is 2.88 bits per heavy atom. The minimum atomic E-state index is -0.666. The highest BCUT2D eigenvalue weighted by molar-refractivity contribution is 6.30. The van der Waals surface area contributed by atoms with E-state index in [-0.39, 0.29) is 36.2 Å². The molecule has 1 atom stereocenters. The quantitative estimate of drug-likeness (QED) is 0.636. The van der Waals surface area contributed by atoms with Gasteiger partial charge in [-0.05, 0) is 17.7 Å². The van der Waals surface area contributed by atoms with Crippen LogP contribution in [0.1, 0.15) is 18.4 Å². The SMILES string of the molecule is NC(=O)CCNC(=O)CC1C(=O)NCCN1Cc1ccc(Cl)c(F)c1. The second-order valence-corrected chi connectivity index (χ2v) is 6.20. The second kappa shape index (κ2) is 8.77. The van der Waals surface area contributed by atoms with Gasteiger partial charge in [-0.3, -0.25) is 19.3 Å². The van der Waals surface area contributed by atoms with Crippen molar-refractivity contribution in [2.45, 2.75) is 25.4 Å². The molecule has 0 aliphatic carbocycles. The summed E-state index contributed by atoms with van der Waals surface area (Å²) in [4.78, 5) is 36.6. The van der Waals surface area contributed by atoms with E-state index in [1.807, 2.05) is 4.90 Å². The van der Waals surface area contributed by atoms with Crippen molar-refractivity contribution in [3.05, 3.63) is 34.6 Å². The fourth-order valence-electron chi connectivity index (χ4n) is 2.62. The van der Waals surface area contributed by atoms with Crippen LogP contribution in [0.3, 0.4) is 0 Å². The number of hydrogen-bond acceptors (Lipinski definition) is 4. The van der Waals surface area contributed by atoms with E-state index in [1.165, 1.54) is 12.1 Å². The fourth-order valence-corrected chi connectivity index (χ4v) is 2.74. The molecular formula is C16H20ClFN4O3. The third-order valence-corrected chi connectivity index (χ3v) is 4.19. The van der Waals surface area contributed by atoms with Crippen molar-refractivity contribution in [3.8, 4) is 0 Å². The van der Waals surface area contributed by atoms with Gasteiger partial charge < -0.3 is 16.4 Å². The summed E-state index contributed by atoms with van der Waals surface area (Å²) in [6.07, 6.45) is -0.0168. The molecule has 0 bridgehead atoms. The number of halogens is 2. The third-order valence-electron chi connectivity index (χ3n) is 3.88. The van der Waals surface area contributed by atoms with Crippen molar-refractivity contribution in [3.63, 3.8) is 0 Å². The van der Waals surface area contributed by atoms with Crippen LogP contribution in [-0.2, 0) is 20.9 Å². The molecule has 0 spiro atoms. The lowest BCUT2D eigenvalue weighted by Gasteiger charge is -2.34. The highest BCUT2D eigenvalue weighted by atomic mass is 35.5. The molecule has 1 fully saturated rings. The highest BCUT2D eigenvalue weighted by Crippen LogP contribution is 2.19. The number of hydrogen-bond donors (Lipinski definition) is 3. The van der Waals surface area contributed by atoms with Gasteiger partial charge in [-0.2, -0.15) is 0 Å². The van der Waals surface area contributed by atoms with Gasteiger partial charge in [0.05, 0.1) is 17.5 Å². The number of carbonyl (C=O) groups excluding carboxylic acids is 3. The standard InChI is InChI=1S/C16H20ClFN4O3/c17-11-2-1-10(7-12(11)18)9-22-6-5-21-16(25)13(22)8-15(24)20-4-3-14(19)23/h1-2,7,13H,3-6,8-9H2,(H2,19,23)(H,20,24)(H,21,25). The Morgan fingerprint density at radius 1 is 1.44 bits per heavy atom. The van der Waals surface area contributed by atoms with E-state index in [9.17, 15) is 18.8 Å². The second-order valence-electron chi connectivity index (χ2n) is 5.80. The summed E-state index contributed by atoms with van der Waals surface area (Å²) >= 11 is 5.68. The van der Waals surface area contributed by atoms with Crippen molar-refractivity contribution in [1.29, 1.82) is 0 Å². The van der Waals surface area contributed by atoms with Crippen molar-refractivity contribution in [1.82, 2.24) is 15.5 Å². The van der Waals surface area contributed by atoms with Gasteiger partial charge in [0.2, 0.25) is 17.7 Å². The van der Waals surface area contributed by atoms with Gasteiger partial charge in [-0.1, -0.05) is 17.7 Å². The zero-order valence-corrected chi connectivity index (χ0v) is 14.3. The van der Waals surface area contributed by atoms with E-state index in [1.54, 1.807) is 6.07 Å². The minimum Gasteiger partial charge on any atom is -0.370 e. The summed E-state index contributed by atoms with van der Waals surface area (Å²) in [5.74, 6) is -1.65. The van der Waals surface area contributed by atoms with Gasteiger partial charge >= 0.3 is 0 Å². The smallest absolute Gasteiger partial charge is 0.237 e. The molecular weight excluding hydrogens is 351 g/mol. The van der Waals surface area contributed by atoms with Gasteiger partial charge in [0, 0.05) is 32.6 Å². The lowest BCUT2D eigenvalue weighted by atomic mass is 10.1. The maximum Gasteiger partial charge on any atom is 0.237 e. The number of benzene rings is 1. The zero-order valence-electron chi connectivity index (χ0n) is 13.6. The van der Waals surface area contributed by atoms with Crippen LogP contribution in [0.5, 0.6) is 0 Å². The van der Waals surface area contributed by atoms with Crippen molar-refractivity contribution in [2.24, 2.45) is 5.73 Å². The Labute approximate surface area is 149 Å². The zero-order chi connectivity index (χ0) is 18.4. The predicted octanol–water partition coefficient (Wildman–Crippen LogP) is 0.161. The first-order valence-electron chi connectivity index (χ1n) is 7.87. The van der Waals surface area contributed by atoms with Crippen molar-refractivity contribution in [2.75, 3.05) is 19.6 Å². The van der Waals surface area contributed by atoms with Gasteiger partial charge in [-0.15, -0.1) is 0 Å². The van der Waals surface area contributed by atoms with Crippen LogP contribution in [0.4, 0.5) is 4.39 Å². The number of amides is 3. The van der Waals surface area contributed by atoms with Gasteiger partial charge in [0.15, 0.2) is 0 Å². The molecule has 1 aliphatic rings. The molecule has 9 heteroatoms. The normalized spacial score (nSPS) is 17.8. The first-order valence-corrected chi connectivity index (χ1v) is 8.25. The van der Waals surface area contributed by atoms with Crippen LogP contribution in [0.2, 0.25) is 5.02 Å². The summed E-state index contributed by atoms with van der Waals surface area (Å²) in [6, 6.07) is 3.80. The summed E-state index contributed by atoms with van der Waals surface area (Å²) in [7, 11) is 0. The van der Waals surface area contributed by atoms with E-state index in [0.29, 0.717) is 25.2 Å². The molecule has 0 saturated carbocycles. The average Bonchev–Trinajstić information content (AvgIpc) is 2.54. The first kappa shape index (κ1) is 19.1. The van der Waals surface area contributed by atoms with Crippen LogP contribution in [-0.4, -0.2) is 48.3 Å². The molecule has 136 valence electrons. The molecule has 4 N–H and O–H groups in total. The van der Waals surface area contributed by atoms with Crippen LogP contribution >= 0.6 is 11.6 Å². The van der Waals surface area contributed by atoms with Gasteiger partial charge in [-0.25, -0.2) is 4.39 Å². The molecule has 1 saturated heterocycles. The lowest BCUT2D eigenvalue weighted by molar-refractivity contribution is -0.134. The first-order chi connectivity index (χ1) is 11.9. The molecule has 7 nitrogen and oxygen atoms in total. The van der Waals surface area contributed by atoms with Crippen molar-refractivity contribution < 1.29 is 18.8 Å². The molecule has 2 rings (SSSR count). The largest absolute Gasteiger partial charge is 0.370 e. The van der Waals surface area contributed by atoms with Crippen molar-refractivity contribution >= 4 is 29.3 Å². The number of primary amides is 1. The average molecular weight is 371 g/mol. The molecule has 1 aliphatic heterocycles. The summed E-state index contributed by atoms with van der Waals surface area (Å²) in [5, 5.41) is 5.31. The van der Waals surface area contributed by atoms with Crippen LogP contribution in [0.25, 0.3) is 0 Å². The van der Waals surface area contributed by atoms with Crippen LogP contribution in [0.15, 0.2) is 18.2 Å². The monoisotopic (exact) mass is 370 g/mol. The van der Waals surface area contributed by atoms with E-state index in [4.69, 9.17) is 17.3 Å². The fraction of sp³-hybridized carbons (Fsp3) is 0.438. The highest BCUT2D eigenvalue weighted by Gasteiger charge is 2.31. The minimum absolute atomic E-state index is 0.0329. The third kappa shape index (κ3) is 5.68. The molecule has 1 heterocycles. The molecule has 0 aromatic heterocycles. The number of piperazine rings is 1. The van der Waals surface area contributed by atoms with E-state index >= 15 is 0 Å². The Morgan fingerprint density at radius 2 is 2.20 bits per heavy atom. The molecule has 3 amide bonds. The Kier molecular flexibility index (Phi) is 6.72. The summed E-state index contributed by atoms with van der Waals surface area (Å²) < 4.78 is 13.6. The van der Waals surface area contributed by atoms with Crippen LogP contribution in [0, 0.1) is 5.82 Å². The Bertz CT molecular complexity index is 671. The number of nitrogens with one attached hydrogen (secondary N) is 2. The van der Waals surface area contributed by atoms with Gasteiger partial charge in [0.25, 0.3) is 0 Å². The molecule has 1 unspecified atom stereocenters. The number of nitrogens with two attached hydrogens (primary N) is 1. The Hall–Kier alpha value is -2.19. The number of nitrogens with zero attached hydrogens (tertiary/aromatic N) is 1. The Balaban J connectivity index is 1.99. The van der Waals surface area contributed by atoms with E-state index in [0.717, 1.165) is 0 Å². The molecule has 1 aromatic rings. The predicted molar refractivity (Wildman–Crippen MR) is 90.1 cm³/mol. The van der Waals surface area contributed by atoms with E-state index in [2.05, 4.69) is 10.6 Å². The lowest BCUT2D eigenvalue weighted by Crippen LogP contribution is -2.56. The maximum absolute atomic E-state index is 13.6. The number of rotatable bonds is 7. The van der Waals surface area contributed by atoms with Crippen LogP contribution < -0.4 is 16.4 Å². The topological polar surface area (TPSA) is 105 Å². The number of carbonyl (C=O) groups is 3. The molecule has 1 aromatic carbocycles. The molecule has 0 radical (unpaired) electrons. The van der Waals surface area contributed by atoms with E-state index < -0.39 is 17.8 Å².